The Morgan fingerprint density at radius 1 is 1.14 bits per heavy atom. The Bertz CT molecular complexity index is 2050. The Morgan fingerprint density at radius 2 is 1.98 bits per heavy atom. The fraction of sp³-hybridized carbons (Fsp3) is 0.156. The molecule has 2 aromatic carbocycles. The van der Waals surface area contributed by atoms with E-state index in [9.17, 15) is 14.4 Å². The van der Waals surface area contributed by atoms with E-state index in [4.69, 9.17) is 21.7 Å². The highest BCUT2D eigenvalue weighted by Gasteiger charge is 2.24. The largest absolute Gasteiger partial charge is 0.481 e. The van der Waals surface area contributed by atoms with Gasteiger partial charge in [-0.1, -0.05) is 66.3 Å². The fourth-order valence-electron chi connectivity index (χ4n) is 5.27. The van der Waals surface area contributed by atoms with Crippen molar-refractivity contribution in [1.29, 1.82) is 0 Å². The second-order valence-electron chi connectivity index (χ2n) is 10.3. The summed E-state index contributed by atoms with van der Waals surface area (Å²) in [5, 5.41) is 13.4. The smallest absolute Gasteiger partial charge is 0.326 e. The summed E-state index contributed by atoms with van der Waals surface area (Å²) in [5.74, 6) is -1.37. The van der Waals surface area contributed by atoms with Crippen LogP contribution in [-0.4, -0.2) is 31.5 Å². The highest BCUT2D eigenvalue weighted by atomic mass is 32.1. The highest BCUT2D eigenvalue weighted by Crippen LogP contribution is 2.41. The molecular weight excluding hydrogens is 585 g/mol. The second-order valence-corrected chi connectivity index (χ2v) is 11.6. The number of benzene rings is 2. The zero-order chi connectivity index (χ0) is 30.2. The van der Waals surface area contributed by atoms with Crippen LogP contribution in [0.15, 0.2) is 75.4 Å². The van der Waals surface area contributed by atoms with Crippen LogP contribution in [0.5, 0.6) is 0 Å². The van der Waals surface area contributed by atoms with E-state index in [-0.39, 0.29) is 29.8 Å². The van der Waals surface area contributed by atoms with Crippen LogP contribution >= 0.6 is 23.6 Å². The molecule has 3 N–H and O–H groups in total. The van der Waals surface area contributed by atoms with Crippen molar-refractivity contribution < 1.29 is 19.1 Å². The van der Waals surface area contributed by atoms with Gasteiger partial charge in [-0.05, 0) is 53.8 Å². The molecule has 1 aliphatic rings. The van der Waals surface area contributed by atoms with Gasteiger partial charge in [0.15, 0.2) is 10.9 Å². The van der Waals surface area contributed by atoms with E-state index < -0.39 is 17.6 Å². The third kappa shape index (κ3) is 5.64. The van der Waals surface area contributed by atoms with Gasteiger partial charge in [0, 0.05) is 23.1 Å². The van der Waals surface area contributed by atoms with E-state index in [1.165, 1.54) is 16.2 Å². The monoisotopic (exact) mass is 610 g/mol. The molecule has 5 aromatic rings. The summed E-state index contributed by atoms with van der Waals surface area (Å²) in [4.78, 5) is 43.6. The summed E-state index contributed by atoms with van der Waals surface area (Å²) in [5.41, 5.74) is 7.55. The summed E-state index contributed by atoms with van der Waals surface area (Å²) in [6.07, 6.45) is 5.69. The van der Waals surface area contributed by atoms with E-state index in [1.54, 1.807) is 17.6 Å². The summed E-state index contributed by atoms with van der Waals surface area (Å²) in [6, 6.07) is 15.8. The van der Waals surface area contributed by atoms with Crippen molar-refractivity contribution in [2.75, 3.05) is 5.32 Å². The van der Waals surface area contributed by atoms with Gasteiger partial charge >= 0.3 is 11.7 Å². The number of anilines is 1. The number of amides is 1. The van der Waals surface area contributed by atoms with Crippen molar-refractivity contribution in [3.05, 3.63) is 126 Å². The van der Waals surface area contributed by atoms with Crippen LogP contribution in [0.3, 0.4) is 0 Å². The lowest BCUT2D eigenvalue weighted by molar-refractivity contribution is -0.136. The molecule has 43 heavy (non-hydrogen) atoms. The van der Waals surface area contributed by atoms with Crippen molar-refractivity contribution >= 4 is 46.6 Å². The second kappa shape index (κ2) is 11.4. The topological polar surface area (TPSA) is 130 Å². The molecule has 0 saturated heterocycles. The van der Waals surface area contributed by atoms with Gasteiger partial charge in [-0.15, -0.1) is 11.3 Å². The van der Waals surface area contributed by atoms with Gasteiger partial charge in [0.1, 0.15) is 10.4 Å². The van der Waals surface area contributed by atoms with Gasteiger partial charge < -0.3 is 14.5 Å². The van der Waals surface area contributed by atoms with Crippen LogP contribution in [0.2, 0.25) is 0 Å². The Kier molecular flexibility index (Phi) is 7.51. The number of carboxylic acids is 1. The first-order valence-electron chi connectivity index (χ1n) is 13.5. The molecule has 216 valence electrons. The van der Waals surface area contributed by atoms with Crippen molar-refractivity contribution in [2.24, 2.45) is 0 Å². The molecule has 0 fully saturated rings. The summed E-state index contributed by atoms with van der Waals surface area (Å²) in [6.45, 7) is 4.18. The fourth-order valence-corrected chi connectivity index (χ4v) is 6.31. The third-order valence-corrected chi connectivity index (χ3v) is 8.60. The molecule has 6 rings (SSSR count). The first-order chi connectivity index (χ1) is 20.7. The maximum atomic E-state index is 13.0. The number of hydrogen-bond acceptors (Lipinski definition) is 7. The number of nitrogens with one attached hydrogen (secondary N) is 2. The van der Waals surface area contributed by atoms with E-state index in [1.807, 2.05) is 0 Å². The van der Waals surface area contributed by atoms with E-state index >= 15 is 0 Å². The Balaban J connectivity index is 1.30. The van der Waals surface area contributed by atoms with E-state index in [0.717, 1.165) is 44.7 Å². The number of fused-ring (bicyclic) bond motifs is 3. The minimum Gasteiger partial charge on any atom is -0.481 e. The SMILES string of the molecule is Cc1ccc2c(c1)-c1cccc(C)c1C=CC2c1c[nH]c(=O)n(Cc2ccc(C(=O)Nc3nc(CC(=O)O)cs3)o2)c1=S. The van der Waals surface area contributed by atoms with Gasteiger partial charge in [-0.25, -0.2) is 9.78 Å². The predicted octanol–water partition coefficient (Wildman–Crippen LogP) is 6.33. The Labute approximate surface area is 255 Å². The number of H-pyrrole nitrogens is 1. The van der Waals surface area contributed by atoms with Crippen LogP contribution in [0.4, 0.5) is 5.13 Å². The zero-order valence-corrected chi connectivity index (χ0v) is 24.8. The Morgan fingerprint density at radius 3 is 2.79 bits per heavy atom. The van der Waals surface area contributed by atoms with Gasteiger partial charge in [0.05, 0.1) is 18.7 Å². The first kappa shape index (κ1) is 28.3. The van der Waals surface area contributed by atoms with Crippen LogP contribution in [-0.2, 0) is 17.8 Å². The third-order valence-electron chi connectivity index (χ3n) is 7.34. The minimum atomic E-state index is -1.01. The molecule has 1 atom stereocenters. The molecule has 0 spiro atoms. The molecule has 0 aliphatic heterocycles. The first-order valence-corrected chi connectivity index (χ1v) is 14.7. The van der Waals surface area contributed by atoms with Crippen molar-refractivity contribution in [1.82, 2.24) is 14.5 Å². The molecule has 0 radical (unpaired) electrons. The normalized spacial score (nSPS) is 13.7. The maximum Gasteiger partial charge on any atom is 0.326 e. The standard InChI is InChI=1S/C32H26N4O5S2/c1-17-6-8-23-24(10-9-21-18(2)4-3-5-22(21)25(23)12-17)26-14-33-32(40)36(30(26)42)15-20-7-11-27(41-20)29(39)35-31-34-19(16-43-31)13-28(37)38/h3-12,14,16,24H,13,15H2,1-2H3,(H,33,40)(H,37,38)(H,34,35,39). The molecule has 1 amide bonds. The lowest BCUT2D eigenvalue weighted by Gasteiger charge is -2.19. The van der Waals surface area contributed by atoms with E-state index in [2.05, 4.69) is 77.7 Å². The van der Waals surface area contributed by atoms with Gasteiger partial charge in [-0.3, -0.25) is 19.5 Å². The number of rotatable bonds is 7. The maximum absolute atomic E-state index is 13.0. The Hall–Kier alpha value is -4.87. The number of aliphatic carboxylic acids is 1. The van der Waals surface area contributed by atoms with Crippen LogP contribution in [0.25, 0.3) is 17.2 Å². The van der Waals surface area contributed by atoms with Crippen molar-refractivity contribution in [3.63, 3.8) is 0 Å². The number of hydrogen-bond donors (Lipinski definition) is 3. The number of allylic oxidation sites excluding steroid dienone is 1. The minimum absolute atomic E-state index is 0.0197. The summed E-state index contributed by atoms with van der Waals surface area (Å²) < 4.78 is 7.56. The number of carboxylic acid groups (broad SMARTS) is 1. The van der Waals surface area contributed by atoms with Crippen LogP contribution < -0.4 is 11.0 Å². The zero-order valence-electron chi connectivity index (χ0n) is 23.2. The molecule has 3 heterocycles. The number of aromatic amines is 1. The molecule has 0 bridgehead atoms. The quantitative estimate of drug-likeness (QED) is 0.184. The number of carbonyl (C=O) groups is 2. The van der Waals surface area contributed by atoms with E-state index in [0.29, 0.717) is 16.1 Å². The molecule has 3 aromatic heterocycles. The molecule has 11 heteroatoms. The number of nitrogens with zero attached hydrogens (tertiary/aromatic N) is 2. The number of furan rings is 1. The molecule has 1 unspecified atom stereocenters. The molecule has 9 nitrogen and oxygen atoms in total. The lowest BCUT2D eigenvalue weighted by Crippen LogP contribution is -2.25. The predicted molar refractivity (Wildman–Crippen MR) is 167 cm³/mol. The number of aromatic nitrogens is 3. The summed E-state index contributed by atoms with van der Waals surface area (Å²) >= 11 is 7.01. The highest BCUT2D eigenvalue weighted by molar-refractivity contribution is 7.71. The van der Waals surface area contributed by atoms with Crippen LogP contribution in [0.1, 0.15) is 55.7 Å². The van der Waals surface area contributed by atoms with Crippen LogP contribution in [0, 0.1) is 18.5 Å². The van der Waals surface area contributed by atoms with Gasteiger partial charge in [0.2, 0.25) is 0 Å². The van der Waals surface area contributed by atoms with Gasteiger partial charge in [-0.2, -0.15) is 0 Å². The molecule has 0 saturated carbocycles. The van der Waals surface area contributed by atoms with Gasteiger partial charge in [0.25, 0.3) is 5.91 Å². The average molecular weight is 611 g/mol. The number of thiazole rings is 1. The number of carbonyl (C=O) groups excluding carboxylic acids is 1. The summed E-state index contributed by atoms with van der Waals surface area (Å²) in [7, 11) is 0. The lowest BCUT2D eigenvalue weighted by atomic mass is 9.87. The van der Waals surface area contributed by atoms with Crippen molar-refractivity contribution in [2.45, 2.75) is 32.7 Å². The number of aryl methyl sites for hydroxylation is 2. The average Bonchev–Trinajstić information content (AvgIpc) is 3.58. The molecule has 1 aliphatic carbocycles. The molecular formula is C32H26N4O5S2. The van der Waals surface area contributed by atoms with Crippen molar-refractivity contribution in [3.8, 4) is 11.1 Å².